The van der Waals surface area contributed by atoms with Gasteiger partial charge in [-0.15, -0.1) is 0 Å². The Morgan fingerprint density at radius 1 is 1.27 bits per heavy atom. The molecular weight excluding hydrogens is 186 g/mol. The highest BCUT2D eigenvalue weighted by molar-refractivity contribution is 5.77. The molecule has 1 saturated heterocycles. The Morgan fingerprint density at radius 2 is 1.73 bits per heavy atom. The number of carbonyl (C=O) groups excluding carboxylic acids is 1. The molecule has 0 spiro atoms. The van der Waals surface area contributed by atoms with Crippen LogP contribution in [0.5, 0.6) is 0 Å². The fourth-order valence-corrected chi connectivity index (χ4v) is 2.90. The van der Waals surface area contributed by atoms with E-state index in [-0.39, 0.29) is 5.41 Å². The van der Waals surface area contributed by atoms with Crippen LogP contribution in [0.4, 0.5) is 0 Å². The summed E-state index contributed by atoms with van der Waals surface area (Å²) < 4.78 is 0. The summed E-state index contributed by atoms with van der Waals surface area (Å²) in [5.41, 5.74) is 0.637. The third kappa shape index (κ3) is 1.91. The summed E-state index contributed by atoms with van der Waals surface area (Å²) in [6.45, 7) is 13.1. The first-order valence-electron chi connectivity index (χ1n) is 5.99. The maximum atomic E-state index is 12.0. The van der Waals surface area contributed by atoms with E-state index in [0.29, 0.717) is 17.7 Å². The Kier molecular flexibility index (Phi) is 2.19. The molecule has 15 heavy (non-hydrogen) atoms. The van der Waals surface area contributed by atoms with Crippen molar-refractivity contribution >= 4 is 5.91 Å². The zero-order chi connectivity index (χ0) is 11.4. The van der Waals surface area contributed by atoms with Crippen molar-refractivity contribution in [3.63, 3.8) is 0 Å². The molecule has 2 nitrogen and oxygen atoms in total. The lowest BCUT2D eigenvalue weighted by molar-refractivity contribution is -0.132. The second-order valence-electron chi connectivity index (χ2n) is 7.07. The van der Waals surface area contributed by atoms with E-state index in [1.807, 2.05) is 0 Å². The van der Waals surface area contributed by atoms with Crippen LogP contribution in [0.1, 0.15) is 41.0 Å². The lowest BCUT2D eigenvalue weighted by atomic mass is 9.91. The third-order valence-electron chi connectivity index (χ3n) is 4.16. The molecule has 2 atom stereocenters. The molecule has 1 saturated carbocycles. The number of rotatable bonds is 1. The van der Waals surface area contributed by atoms with Crippen molar-refractivity contribution < 1.29 is 4.79 Å². The van der Waals surface area contributed by atoms with Crippen LogP contribution in [0.15, 0.2) is 0 Å². The van der Waals surface area contributed by atoms with Crippen LogP contribution >= 0.6 is 0 Å². The molecular formula is C13H23NO. The lowest BCUT2D eigenvalue weighted by Crippen LogP contribution is -2.35. The van der Waals surface area contributed by atoms with E-state index < -0.39 is 0 Å². The van der Waals surface area contributed by atoms with Gasteiger partial charge in [0.1, 0.15) is 0 Å². The van der Waals surface area contributed by atoms with Crippen molar-refractivity contribution in [2.24, 2.45) is 22.7 Å². The summed E-state index contributed by atoms with van der Waals surface area (Å²) in [5, 5.41) is 0. The standard InChI is InChI=1S/C13H23NO/c1-12(2,3)6-11(15)14-7-9-10(8-14)13(9,4)5/h9-10H,6-8H2,1-5H3. The molecule has 86 valence electrons. The highest BCUT2D eigenvalue weighted by Gasteiger charge is 2.62. The van der Waals surface area contributed by atoms with Gasteiger partial charge >= 0.3 is 0 Å². The van der Waals surface area contributed by atoms with Crippen LogP contribution in [-0.2, 0) is 4.79 Å². The van der Waals surface area contributed by atoms with E-state index in [9.17, 15) is 4.79 Å². The normalized spacial score (nSPS) is 32.7. The van der Waals surface area contributed by atoms with Gasteiger partial charge in [-0.1, -0.05) is 34.6 Å². The molecule has 0 aromatic heterocycles. The predicted molar refractivity (Wildman–Crippen MR) is 61.4 cm³/mol. The molecule has 2 rings (SSSR count). The lowest BCUT2D eigenvalue weighted by Gasteiger charge is -2.26. The van der Waals surface area contributed by atoms with Crippen molar-refractivity contribution in [1.82, 2.24) is 4.90 Å². The first-order chi connectivity index (χ1) is 6.72. The van der Waals surface area contributed by atoms with Gasteiger partial charge in [0.15, 0.2) is 0 Å². The monoisotopic (exact) mass is 209 g/mol. The second-order valence-corrected chi connectivity index (χ2v) is 7.07. The average Bonchev–Trinajstić information content (AvgIpc) is 2.47. The van der Waals surface area contributed by atoms with E-state index in [4.69, 9.17) is 0 Å². The summed E-state index contributed by atoms with van der Waals surface area (Å²) in [7, 11) is 0. The average molecular weight is 209 g/mol. The number of nitrogens with zero attached hydrogens (tertiary/aromatic N) is 1. The Bertz CT molecular complexity index is 273. The molecule has 1 amide bonds. The topological polar surface area (TPSA) is 20.3 Å². The molecule has 2 heteroatoms. The van der Waals surface area contributed by atoms with E-state index in [2.05, 4.69) is 39.5 Å². The molecule has 2 unspecified atom stereocenters. The van der Waals surface area contributed by atoms with E-state index in [1.165, 1.54) is 0 Å². The van der Waals surface area contributed by atoms with Gasteiger partial charge in [-0.05, 0) is 22.7 Å². The van der Waals surface area contributed by atoms with Crippen LogP contribution in [0.25, 0.3) is 0 Å². The first-order valence-corrected chi connectivity index (χ1v) is 5.99. The molecule has 0 bridgehead atoms. The molecule has 1 aliphatic carbocycles. The second kappa shape index (κ2) is 2.99. The van der Waals surface area contributed by atoms with E-state index in [0.717, 1.165) is 24.9 Å². The van der Waals surface area contributed by atoms with Crippen molar-refractivity contribution in [3.8, 4) is 0 Å². The molecule has 1 aliphatic heterocycles. The highest BCUT2D eigenvalue weighted by atomic mass is 16.2. The Hall–Kier alpha value is -0.530. The van der Waals surface area contributed by atoms with Crippen LogP contribution in [-0.4, -0.2) is 23.9 Å². The van der Waals surface area contributed by atoms with Gasteiger partial charge in [0.25, 0.3) is 0 Å². The van der Waals surface area contributed by atoms with Gasteiger partial charge in [-0.25, -0.2) is 0 Å². The minimum absolute atomic E-state index is 0.124. The number of hydrogen-bond donors (Lipinski definition) is 0. The number of piperidine rings is 1. The van der Waals surface area contributed by atoms with Crippen LogP contribution in [0.3, 0.4) is 0 Å². The number of fused-ring (bicyclic) bond motifs is 1. The molecule has 1 heterocycles. The Balaban J connectivity index is 1.87. The van der Waals surface area contributed by atoms with Crippen LogP contribution in [0, 0.1) is 22.7 Å². The summed E-state index contributed by atoms with van der Waals surface area (Å²) in [4.78, 5) is 14.0. The predicted octanol–water partition coefficient (Wildman–Crippen LogP) is 2.54. The molecule has 2 aliphatic rings. The zero-order valence-electron chi connectivity index (χ0n) is 10.6. The first kappa shape index (κ1) is 11.0. The fourth-order valence-electron chi connectivity index (χ4n) is 2.90. The summed E-state index contributed by atoms with van der Waals surface area (Å²) in [6.07, 6.45) is 0.687. The summed E-state index contributed by atoms with van der Waals surface area (Å²) >= 11 is 0. The van der Waals surface area contributed by atoms with Crippen LogP contribution < -0.4 is 0 Å². The van der Waals surface area contributed by atoms with Gasteiger partial charge in [-0.2, -0.15) is 0 Å². The van der Waals surface area contributed by atoms with Crippen molar-refractivity contribution in [2.45, 2.75) is 41.0 Å². The minimum Gasteiger partial charge on any atom is -0.342 e. The smallest absolute Gasteiger partial charge is 0.223 e. The maximum absolute atomic E-state index is 12.0. The molecule has 0 aromatic carbocycles. The zero-order valence-corrected chi connectivity index (χ0v) is 10.6. The Morgan fingerprint density at radius 3 is 2.13 bits per heavy atom. The number of carbonyl (C=O) groups is 1. The van der Waals surface area contributed by atoms with Gasteiger partial charge < -0.3 is 4.90 Å². The van der Waals surface area contributed by atoms with Gasteiger partial charge in [0.05, 0.1) is 0 Å². The largest absolute Gasteiger partial charge is 0.342 e. The molecule has 0 aromatic rings. The minimum atomic E-state index is 0.124. The highest BCUT2D eigenvalue weighted by Crippen LogP contribution is 2.62. The number of amides is 1. The maximum Gasteiger partial charge on any atom is 0.223 e. The van der Waals surface area contributed by atoms with Crippen molar-refractivity contribution in [1.29, 1.82) is 0 Å². The van der Waals surface area contributed by atoms with Gasteiger partial charge in [0, 0.05) is 19.5 Å². The molecule has 2 fully saturated rings. The SMILES string of the molecule is CC(C)(C)CC(=O)N1CC2C(C1)C2(C)C. The third-order valence-corrected chi connectivity index (χ3v) is 4.16. The summed E-state index contributed by atoms with van der Waals surface area (Å²) in [6, 6.07) is 0. The molecule has 0 radical (unpaired) electrons. The van der Waals surface area contributed by atoms with E-state index in [1.54, 1.807) is 0 Å². The van der Waals surface area contributed by atoms with Crippen molar-refractivity contribution in [2.75, 3.05) is 13.1 Å². The van der Waals surface area contributed by atoms with Crippen LogP contribution in [0.2, 0.25) is 0 Å². The van der Waals surface area contributed by atoms with Crippen molar-refractivity contribution in [3.05, 3.63) is 0 Å². The molecule has 0 N–H and O–H groups in total. The van der Waals surface area contributed by atoms with Gasteiger partial charge in [0.2, 0.25) is 5.91 Å². The quantitative estimate of drug-likeness (QED) is 0.650. The van der Waals surface area contributed by atoms with Gasteiger partial charge in [-0.3, -0.25) is 4.79 Å². The number of likely N-dealkylation sites (tertiary alicyclic amines) is 1. The summed E-state index contributed by atoms with van der Waals surface area (Å²) in [5.74, 6) is 1.91. The van der Waals surface area contributed by atoms with E-state index >= 15 is 0 Å². The fraction of sp³-hybridized carbons (Fsp3) is 0.923. The Labute approximate surface area is 93.0 Å². The number of hydrogen-bond acceptors (Lipinski definition) is 1.